The van der Waals surface area contributed by atoms with E-state index in [0.29, 0.717) is 12.6 Å². The molecule has 1 N–H and O–H groups in total. The maximum absolute atomic E-state index is 11.2. The molecule has 3 nitrogen and oxygen atoms in total. The molecule has 3 saturated heterocycles. The summed E-state index contributed by atoms with van der Waals surface area (Å²) >= 11 is 0. The first-order valence-electron chi connectivity index (χ1n) is 9.79. The minimum Gasteiger partial charge on any atom is -0.415 e. The lowest BCUT2D eigenvalue weighted by Crippen LogP contribution is -2.63. The van der Waals surface area contributed by atoms with E-state index in [9.17, 15) is 5.11 Å². The Kier molecular flexibility index (Phi) is 5.38. The Labute approximate surface area is 159 Å². The van der Waals surface area contributed by atoms with Crippen LogP contribution in [0, 0.1) is 17.8 Å². The Morgan fingerprint density at radius 3 is 2.54 bits per heavy atom. The molecule has 1 aromatic rings. The number of hydrogen-bond acceptors (Lipinski definition) is 3. The van der Waals surface area contributed by atoms with Crippen molar-refractivity contribution in [1.29, 1.82) is 0 Å². The van der Waals surface area contributed by atoms with E-state index in [-0.39, 0.29) is 11.0 Å². The van der Waals surface area contributed by atoms with Crippen molar-refractivity contribution in [3.05, 3.63) is 35.9 Å². The van der Waals surface area contributed by atoms with Gasteiger partial charge in [0.1, 0.15) is 5.60 Å². The average Bonchev–Trinajstić information content (AvgIpc) is 2.59. The van der Waals surface area contributed by atoms with Gasteiger partial charge >= 0.3 is 0 Å². The fourth-order valence-electron chi connectivity index (χ4n) is 3.72. The molecular formula is C22H33NO2Si. The van der Waals surface area contributed by atoms with Gasteiger partial charge in [-0.25, -0.2) is 0 Å². The zero-order valence-electron chi connectivity index (χ0n) is 16.9. The smallest absolute Gasteiger partial charge is 0.192 e. The van der Waals surface area contributed by atoms with Gasteiger partial charge in [0.05, 0.1) is 0 Å². The molecule has 142 valence electrons. The molecular weight excluding hydrogens is 338 g/mol. The van der Waals surface area contributed by atoms with Gasteiger partial charge in [-0.15, -0.1) is 0 Å². The molecule has 0 radical (unpaired) electrons. The highest BCUT2D eigenvalue weighted by Crippen LogP contribution is 2.41. The molecule has 0 saturated carbocycles. The molecule has 0 aliphatic carbocycles. The zero-order valence-corrected chi connectivity index (χ0v) is 17.9. The number of nitrogens with zero attached hydrogens (tertiary/aromatic N) is 1. The topological polar surface area (TPSA) is 32.7 Å². The third-order valence-electron chi connectivity index (χ3n) is 6.60. The van der Waals surface area contributed by atoms with Gasteiger partial charge in [-0.3, -0.25) is 4.90 Å². The predicted molar refractivity (Wildman–Crippen MR) is 110 cm³/mol. The van der Waals surface area contributed by atoms with Crippen LogP contribution in [0.4, 0.5) is 0 Å². The molecule has 2 bridgehead atoms. The summed E-state index contributed by atoms with van der Waals surface area (Å²) < 4.78 is 6.46. The van der Waals surface area contributed by atoms with Crippen molar-refractivity contribution in [3.63, 3.8) is 0 Å². The van der Waals surface area contributed by atoms with Crippen LogP contribution in [0.25, 0.3) is 0 Å². The Morgan fingerprint density at radius 2 is 1.96 bits per heavy atom. The van der Waals surface area contributed by atoms with E-state index in [0.717, 1.165) is 31.6 Å². The predicted octanol–water partition coefficient (Wildman–Crippen LogP) is 3.89. The molecule has 0 amide bonds. The van der Waals surface area contributed by atoms with Gasteiger partial charge in [-0.1, -0.05) is 50.8 Å². The molecule has 0 spiro atoms. The van der Waals surface area contributed by atoms with Gasteiger partial charge in [0, 0.05) is 30.7 Å². The van der Waals surface area contributed by atoms with Gasteiger partial charge in [-0.2, -0.15) is 0 Å². The van der Waals surface area contributed by atoms with Crippen molar-refractivity contribution in [2.24, 2.45) is 5.92 Å². The van der Waals surface area contributed by atoms with Crippen molar-refractivity contribution in [1.82, 2.24) is 4.90 Å². The Hall–Kier alpha value is -1.12. The minimum absolute atomic E-state index is 0.234. The lowest BCUT2D eigenvalue weighted by atomic mass is 9.73. The minimum atomic E-state index is -1.73. The highest BCUT2D eigenvalue weighted by Gasteiger charge is 2.49. The van der Waals surface area contributed by atoms with Gasteiger partial charge in [0.2, 0.25) is 0 Å². The summed E-state index contributed by atoms with van der Waals surface area (Å²) in [5.74, 6) is 6.62. The van der Waals surface area contributed by atoms with E-state index in [1.165, 1.54) is 0 Å². The molecule has 4 atom stereocenters. The number of benzene rings is 1. The van der Waals surface area contributed by atoms with Crippen molar-refractivity contribution in [2.45, 2.75) is 63.4 Å². The average molecular weight is 372 g/mol. The highest BCUT2D eigenvalue weighted by atomic mass is 28.4. The van der Waals surface area contributed by atoms with Crippen LogP contribution in [0.15, 0.2) is 30.3 Å². The third-order valence-corrected chi connectivity index (χ3v) is 11.1. The first-order valence-corrected chi connectivity index (χ1v) is 12.7. The maximum atomic E-state index is 11.2. The molecule has 4 heteroatoms. The fraction of sp³-hybridized carbons (Fsp3) is 0.636. The summed E-state index contributed by atoms with van der Waals surface area (Å²) in [5, 5.41) is 11.4. The molecule has 4 rings (SSSR count). The SMILES string of the molecule is CC(C)(C)[Si](C)(C)OC[C@@H]1C[C@@H]2CCN1C[C@]2(O)C#Cc1ccccc1. The summed E-state index contributed by atoms with van der Waals surface area (Å²) in [7, 11) is -1.73. The third kappa shape index (κ3) is 4.07. The highest BCUT2D eigenvalue weighted by molar-refractivity contribution is 6.74. The number of piperidine rings is 3. The number of aliphatic hydroxyl groups is 1. The lowest BCUT2D eigenvalue weighted by Gasteiger charge is -2.53. The zero-order chi connectivity index (χ0) is 19.0. The second kappa shape index (κ2) is 7.13. The molecule has 3 aliphatic rings. The van der Waals surface area contributed by atoms with Crippen LogP contribution in [0.2, 0.25) is 18.1 Å². The van der Waals surface area contributed by atoms with Gasteiger partial charge in [0.25, 0.3) is 0 Å². The maximum Gasteiger partial charge on any atom is 0.192 e. The monoisotopic (exact) mass is 371 g/mol. The first kappa shape index (κ1) is 19.6. The summed E-state index contributed by atoms with van der Waals surface area (Å²) in [6.07, 6.45) is 2.01. The number of hydrogen-bond donors (Lipinski definition) is 1. The van der Waals surface area contributed by atoms with Gasteiger partial charge in [-0.05, 0) is 49.7 Å². The van der Waals surface area contributed by atoms with Crippen LogP contribution in [-0.4, -0.2) is 49.7 Å². The first-order chi connectivity index (χ1) is 12.1. The molecule has 3 fully saturated rings. The Morgan fingerprint density at radius 1 is 1.27 bits per heavy atom. The Bertz CT molecular complexity index is 686. The van der Waals surface area contributed by atoms with Crippen LogP contribution in [0.3, 0.4) is 0 Å². The molecule has 0 aromatic heterocycles. The van der Waals surface area contributed by atoms with Crippen molar-refractivity contribution < 1.29 is 9.53 Å². The van der Waals surface area contributed by atoms with E-state index in [2.05, 4.69) is 50.6 Å². The molecule has 26 heavy (non-hydrogen) atoms. The number of rotatable bonds is 3. The van der Waals surface area contributed by atoms with E-state index in [4.69, 9.17) is 4.43 Å². The van der Waals surface area contributed by atoms with Crippen molar-refractivity contribution in [2.75, 3.05) is 19.7 Å². The lowest BCUT2D eigenvalue weighted by molar-refractivity contribution is -0.105. The fourth-order valence-corrected chi connectivity index (χ4v) is 4.76. The molecule has 3 heterocycles. The quantitative estimate of drug-likeness (QED) is 0.646. The molecule has 1 unspecified atom stereocenters. The van der Waals surface area contributed by atoms with Gasteiger partial charge < -0.3 is 9.53 Å². The second-order valence-electron chi connectivity index (χ2n) is 9.46. The van der Waals surface area contributed by atoms with E-state index >= 15 is 0 Å². The summed E-state index contributed by atoms with van der Waals surface area (Å²) in [6, 6.07) is 10.4. The Balaban J connectivity index is 1.65. The molecule has 3 aliphatic heterocycles. The van der Waals surface area contributed by atoms with Crippen LogP contribution < -0.4 is 0 Å². The van der Waals surface area contributed by atoms with E-state index in [1.54, 1.807) is 0 Å². The number of fused-ring (bicyclic) bond motifs is 3. The second-order valence-corrected chi connectivity index (χ2v) is 14.3. The van der Waals surface area contributed by atoms with Crippen molar-refractivity contribution >= 4 is 8.32 Å². The van der Waals surface area contributed by atoms with Crippen LogP contribution in [0.1, 0.15) is 39.2 Å². The van der Waals surface area contributed by atoms with E-state index < -0.39 is 13.9 Å². The summed E-state index contributed by atoms with van der Waals surface area (Å²) in [6.45, 7) is 13.9. The normalized spacial score (nSPS) is 31.4. The van der Waals surface area contributed by atoms with Crippen LogP contribution >= 0.6 is 0 Å². The molecule has 1 aromatic carbocycles. The largest absolute Gasteiger partial charge is 0.415 e. The standard InChI is InChI=1S/C22H33NO2Si/c1-21(2,3)26(4,5)25-16-20-15-19-12-14-23(20)17-22(19,24)13-11-18-9-7-6-8-10-18/h6-10,19-20,24H,12,14-17H2,1-5H3/t19-,20-,22+/m0/s1. The van der Waals surface area contributed by atoms with Crippen LogP contribution in [-0.2, 0) is 4.43 Å². The summed E-state index contributed by atoms with van der Waals surface area (Å²) in [4.78, 5) is 2.40. The van der Waals surface area contributed by atoms with Crippen molar-refractivity contribution in [3.8, 4) is 11.8 Å². The summed E-state index contributed by atoms with van der Waals surface area (Å²) in [5.41, 5.74) is 0.0804. The van der Waals surface area contributed by atoms with Crippen LogP contribution in [0.5, 0.6) is 0 Å². The van der Waals surface area contributed by atoms with E-state index in [1.807, 2.05) is 30.3 Å². The van der Waals surface area contributed by atoms with Gasteiger partial charge in [0.15, 0.2) is 8.32 Å².